The molecule has 3 nitrogen and oxygen atoms in total. The number of hydrogen-bond acceptors (Lipinski definition) is 3. The summed E-state index contributed by atoms with van der Waals surface area (Å²) in [5.41, 5.74) is 6.80. The van der Waals surface area contributed by atoms with Crippen molar-refractivity contribution in [1.29, 1.82) is 0 Å². The number of hydrogen-bond donors (Lipinski definition) is 1. The Labute approximate surface area is 83.9 Å². The van der Waals surface area contributed by atoms with Crippen molar-refractivity contribution in [2.45, 2.75) is 19.4 Å². The highest BCUT2D eigenvalue weighted by Crippen LogP contribution is 2.09. The Morgan fingerprint density at radius 3 is 2.64 bits per heavy atom. The Morgan fingerprint density at radius 1 is 1.43 bits per heavy atom. The topological polar surface area (TPSA) is 52.3 Å². The Balaban J connectivity index is 2.43. The van der Waals surface area contributed by atoms with Crippen LogP contribution in [0.5, 0.6) is 0 Å². The van der Waals surface area contributed by atoms with Crippen LogP contribution in [-0.2, 0) is 9.53 Å². The van der Waals surface area contributed by atoms with Gasteiger partial charge in [0.1, 0.15) is 6.61 Å². The fourth-order valence-corrected chi connectivity index (χ4v) is 1.08. The van der Waals surface area contributed by atoms with E-state index < -0.39 is 0 Å². The smallest absolute Gasteiger partial charge is 0.305 e. The molecule has 1 atom stereocenters. The first kappa shape index (κ1) is 10.7. The van der Waals surface area contributed by atoms with E-state index in [1.165, 1.54) is 0 Å². The minimum Gasteiger partial charge on any atom is -0.464 e. The van der Waals surface area contributed by atoms with E-state index in [-0.39, 0.29) is 18.6 Å². The average Bonchev–Trinajstić information content (AvgIpc) is 2.26. The number of benzene rings is 1. The highest BCUT2D eigenvalue weighted by atomic mass is 16.5. The highest BCUT2D eigenvalue weighted by Gasteiger charge is 2.07. The molecule has 1 rings (SSSR count). The summed E-state index contributed by atoms with van der Waals surface area (Å²) in [7, 11) is 0. The van der Waals surface area contributed by atoms with Gasteiger partial charge in [-0.25, -0.2) is 0 Å². The standard InChI is InChI=1S/C11H15NO2/c1-2-11(13)14-8-10(12)9-6-4-3-5-7-9/h3-7,10H,2,8,12H2,1H3/t10-/m1/s1. The molecule has 0 aliphatic heterocycles. The molecule has 2 N–H and O–H groups in total. The molecule has 0 aromatic heterocycles. The molecule has 0 saturated heterocycles. The van der Waals surface area contributed by atoms with Crippen LogP contribution < -0.4 is 5.73 Å². The van der Waals surface area contributed by atoms with E-state index in [2.05, 4.69) is 0 Å². The molecule has 0 unspecified atom stereocenters. The Bertz CT molecular complexity index is 285. The average molecular weight is 193 g/mol. The van der Waals surface area contributed by atoms with Crippen LogP contribution in [0.1, 0.15) is 24.9 Å². The number of carbonyl (C=O) groups is 1. The molecule has 0 saturated carbocycles. The molecule has 3 heteroatoms. The number of ether oxygens (including phenoxy) is 1. The van der Waals surface area contributed by atoms with Crippen LogP contribution >= 0.6 is 0 Å². The zero-order chi connectivity index (χ0) is 10.4. The summed E-state index contributed by atoms with van der Waals surface area (Å²) >= 11 is 0. The predicted octanol–water partition coefficient (Wildman–Crippen LogP) is 1.64. The summed E-state index contributed by atoms with van der Waals surface area (Å²) < 4.78 is 4.94. The lowest BCUT2D eigenvalue weighted by Gasteiger charge is -2.11. The molecule has 76 valence electrons. The molecule has 0 heterocycles. The molecule has 0 amide bonds. The van der Waals surface area contributed by atoms with Gasteiger partial charge < -0.3 is 10.5 Å². The number of rotatable bonds is 4. The van der Waals surface area contributed by atoms with Crippen molar-refractivity contribution in [2.24, 2.45) is 5.73 Å². The Hall–Kier alpha value is -1.35. The lowest BCUT2D eigenvalue weighted by molar-refractivity contribution is -0.143. The van der Waals surface area contributed by atoms with Gasteiger partial charge in [0.15, 0.2) is 0 Å². The summed E-state index contributed by atoms with van der Waals surface area (Å²) in [6.07, 6.45) is 0.390. The van der Waals surface area contributed by atoms with Gasteiger partial charge in [0.05, 0.1) is 6.04 Å². The monoisotopic (exact) mass is 193 g/mol. The first-order valence-electron chi connectivity index (χ1n) is 4.70. The lowest BCUT2D eigenvalue weighted by atomic mass is 10.1. The van der Waals surface area contributed by atoms with E-state index in [0.29, 0.717) is 6.42 Å². The summed E-state index contributed by atoms with van der Waals surface area (Å²) in [5, 5.41) is 0. The van der Waals surface area contributed by atoms with Crippen molar-refractivity contribution in [2.75, 3.05) is 6.61 Å². The predicted molar refractivity (Wildman–Crippen MR) is 54.6 cm³/mol. The molecule has 0 radical (unpaired) electrons. The molecule has 14 heavy (non-hydrogen) atoms. The second-order valence-electron chi connectivity index (χ2n) is 3.05. The van der Waals surface area contributed by atoms with E-state index in [4.69, 9.17) is 10.5 Å². The summed E-state index contributed by atoms with van der Waals surface area (Å²) in [4.78, 5) is 10.9. The number of carbonyl (C=O) groups excluding carboxylic acids is 1. The van der Waals surface area contributed by atoms with E-state index in [1.54, 1.807) is 6.92 Å². The summed E-state index contributed by atoms with van der Waals surface area (Å²) in [5.74, 6) is -0.212. The third-order valence-electron chi connectivity index (χ3n) is 1.94. The summed E-state index contributed by atoms with van der Waals surface area (Å²) in [6.45, 7) is 2.01. The van der Waals surface area contributed by atoms with E-state index in [9.17, 15) is 4.79 Å². The van der Waals surface area contributed by atoms with Crippen LogP contribution in [-0.4, -0.2) is 12.6 Å². The molecular formula is C11H15NO2. The third kappa shape index (κ3) is 3.18. The van der Waals surface area contributed by atoms with Gasteiger partial charge in [-0.3, -0.25) is 4.79 Å². The van der Waals surface area contributed by atoms with Crippen molar-refractivity contribution in [3.8, 4) is 0 Å². The van der Waals surface area contributed by atoms with E-state index in [1.807, 2.05) is 30.3 Å². The molecule has 1 aromatic rings. The van der Waals surface area contributed by atoms with Crippen LogP contribution in [0.15, 0.2) is 30.3 Å². The maximum atomic E-state index is 10.9. The number of esters is 1. The Kier molecular flexibility index (Phi) is 4.13. The molecule has 0 aliphatic carbocycles. The third-order valence-corrected chi connectivity index (χ3v) is 1.94. The van der Waals surface area contributed by atoms with Gasteiger partial charge in [-0.15, -0.1) is 0 Å². The maximum Gasteiger partial charge on any atom is 0.305 e. The van der Waals surface area contributed by atoms with Crippen LogP contribution in [0.3, 0.4) is 0 Å². The molecule has 0 fully saturated rings. The Morgan fingerprint density at radius 2 is 2.07 bits per heavy atom. The van der Waals surface area contributed by atoms with E-state index >= 15 is 0 Å². The zero-order valence-electron chi connectivity index (χ0n) is 8.27. The van der Waals surface area contributed by atoms with Gasteiger partial charge in [-0.05, 0) is 5.56 Å². The quantitative estimate of drug-likeness (QED) is 0.739. The van der Waals surface area contributed by atoms with Gasteiger partial charge >= 0.3 is 5.97 Å². The van der Waals surface area contributed by atoms with Crippen LogP contribution in [0.2, 0.25) is 0 Å². The minimum absolute atomic E-state index is 0.212. The van der Waals surface area contributed by atoms with Gasteiger partial charge in [0, 0.05) is 6.42 Å². The molecule has 0 spiro atoms. The van der Waals surface area contributed by atoms with Crippen LogP contribution in [0, 0.1) is 0 Å². The minimum atomic E-state index is -0.230. The van der Waals surface area contributed by atoms with Crippen LogP contribution in [0.25, 0.3) is 0 Å². The van der Waals surface area contributed by atoms with Gasteiger partial charge in [-0.2, -0.15) is 0 Å². The molecular weight excluding hydrogens is 178 g/mol. The lowest BCUT2D eigenvalue weighted by Crippen LogP contribution is -2.19. The number of nitrogens with two attached hydrogens (primary N) is 1. The first-order chi connectivity index (χ1) is 6.74. The van der Waals surface area contributed by atoms with Gasteiger partial charge in [0.25, 0.3) is 0 Å². The van der Waals surface area contributed by atoms with Crippen molar-refractivity contribution in [3.05, 3.63) is 35.9 Å². The van der Waals surface area contributed by atoms with Gasteiger partial charge in [0.2, 0.25) is 0 Å². The highest BCUT2D eigenvalue weighted by molar-refractivity contribution is 5.68. The summed E-state index contributed by atoms with van der Waals surface area (Å²) in [6, 6.07) is 9.36. The van der Waals surface area contributed by atoms with Crippen molar-refractivity contribution < 1.29 is 9.53 Å². The molecule has 0 bridgehead atoms. The van der Waals surface area contributed by atoms with Crippen molar-refractivity contribution in [3.63, 3.8) is 0 Å². The fourth-order valence-electron chi connectivity index (χ4n) is 1.08. The van der Waals surface area contributed by atoms with E-state index in [0.717, 1.165) is 5.56 Å². The van der Waals surface area contributed by atoms with Gasteiger partial charge in [-0.1, -0.05) is 37.3 Å². The zero-order valence-corrected chi connectivity index (χ0v) is 8.27. The largest absolute Gasteiger partial charge is 0.464 e. The van der Waals surface area contributed by atoms with Crippen molar-refractivity contribution >= 4 is 5.97 Å². The maximum absolute atomic E-state index is 10.9. The van der Waals surface area contributed by atoms with Crippen LogP contribution in [0.4, 0.5) is 0 Å². The molecule has 0 aliphatic rings. The second kappa shape index (κ2) is 5.40. The SMILES string of the molecule is CCC(=O)OC[C@@H](N)c1ccccc1. The normalized spacial score (nSPS) is 12.1. The second-order valence-corrected chi connectivity index (χ2v) is 3.05. The first-order valence-corrected chi connectivity index (χ1v) is 4.70. The van der Waals surface area contributed by atoms with Crippen molar-refractivity contribution in [1.82, 2.24) is 0 Å². The molecule has 1 aromatic carbocycles. The fraction of sp³-hybridized carbons (Fsp3) is 0.364.